The highest BCUT2D eigenvalue weighted by Gasteiger charge is 2.28. The standard InChI is InChI=1S/C20H32O7/c1-5-8-11-24-17-14(4)16(27-20(22)23)15(21)18(25-12-9-6-2)19(17)26-13-10-7-3/h21H,5-13H2,1-4H3,(H,22,23). The van der Waals surface area contributed by atoms with Crippen molar-refractivity contribution in [3.8, 4) is 28.7 Å². The second-order valence-electron chi connectivity index (χ2n) is 6.26. The highest BCUT2D eigenvalue weighted by molar-refractivity contribution is 5.73. The van der Waals surface area contributed by atoms with Crippen molar-refractivity contribution in [1.82, 2.24) is 0 Å². The van der Waals surface area contributed by atoms with Crippen LogP contribution in [-0.4, -0.2) is 36.2 Å². The lowest BCUT2D eigenvalue weighted by molar-refractivity contribution is 0.141. The third kappa shape index (κ3) is 6.73. The number of hydrogen-bond acceptors (Lipinski definition) is 6. The molecule has 154 valence electrons. The van der Waals surface area contributed by atoms with Gasteiger partial charge in [-0.2, -0.15) is 0 Å². The quantitative estimate of drug-likeness (QED) is 0.271. The lowest BCUT2D eigenvalue weighted by atomic mass is 10.1. The van der Waals surface area contributed by atoms with E-state index in [0.29, 0.717) is 36.9 Å². The average Bonchev–Trinajstić information content (AvgIpc) is 2.63. The first-order chi connectivity index (χ1) is 13.0. The fourth-order valence-electron chi connectivity index (χ4n) is 2.37. The minimum Gasteiger partial charge on any atom is -0.502 e. The average molecular weight is 384 g/mol. The topological polar surface area (TPSA) is 94.5 Å². The number of rotatable bonds is 13. The van der Waals surface area contributed by atoms with E-state index < -0.39 is 6.16 Å². The van der Waals surface area contributed by atoms with Gasteiger partial charge < -0.3 is 29.2 Å². The Kier molecular flexibility index (Phi) is 10.2. The number of ether oxygens (including phenoxy) is 4. The molecule has 0 amide bonds. The highest BCUT2D eigenvalue weighted by atomic mass is 16.7. The molecule has 0 spiro atoms. The largest absolute Gasteiger partial charge is 0.511 e. The van der Waals surface area contributed by atoms with Gasteiger partial charge in [-0.3, -0.25) is 0 Å². The van der Waals surface area contributed by atoms with E-state index in [4.69, 9.17) is 24.1 Å². The Morgan fingerprint density at radius 2 is 1.22 bits per heavy atom. The van der Waals surface area contributed by atoms with Gasteiger partial charge in [-0.1, -0.05) is 40.0 Å². The first-order valence-corrected chi connectivity index (χ1v) is 9.66. The maximum atomic E-state index is 11.1. The minimum atomic E-state index is -1.52. The molecule has 0 aromatic heterocycles. The Morgan fingerprint density at radius 1 is 0.778 bits per heavy atom. The molecule has 7 nitrogen and oxygen atoms in total. The van der Waals surface area contributed by atoms with Crippen molar-refractivity contribution in [3.05, 3.63) is 5.56 Å². The lowest BCUT2D eigenvalue weighted by Crippen LogP contribution is -2.10. The number of aromatic hydroxyl groups is 1. The molecule has 0 fully saturated rings. The maximum Gasteiger partial charge on any atom is 0.511 e. The summed E-state index contributed by atoms with van der Waals surface area (Å²) < 4.78 is 22.3. The zero-order valence-electron chi connectivity index (χ0n) is 16.8. The summed E-state index contributed by atoms with van der Waals surface area (Å²) >= 11 is 0. The number of phenols is 1. The van der Waals surface area contributed by atoms with E-state index in [2.05, 4.69) is 0 Å². The molecular weight excluding hydrogens is 352 g/mol. The normalized spacial score (nSPS) is 10.5. The predicted molar refractivity (Wildman–Crippen MR) is 103 cm³/mol. The molecule has 0 heterocycles. The molecule has 0 radical (unpaired) electrons. The summed E-state index contributed by atoms with van der Waals surface area (Å²) in [5.41, 5.74) is 0.361. The van der Waals surface area contributed by atoms with Crippen molar-refractivity contribution in [3.63, 3.8) is 0 Å². The zero-order valence-corrected chi connectivity index (χ0v) is 16.8. The van der Waals surface area contributed by atoms with Crippen LogP contribution in [0.3, 0.4) is 0 Å². The van der Waals surface area contributed by atoms with Gasteiger partial charge in [0.05, 0.1) is 19.8 Å². The molecule has 0 unspecified atom stereocenters. The number of carboxylic acid groups (broad SMARTS) is 1. The fraction of sp³-hybridized carbons (Fsp3) is 0.650. The molecule has 1 aromatic carbocycles. The van der Waals surface area contributed by atoms with Crippen LogP contribution in [0.15, 0.2) is 0 Å². The van der Waals surface area contributed by atoms with Crippen LogP contribution in [0.5, 0.6) is 28.7 Å². The Morgan fingerprint density at radius 3 is 1.67 bits per heavy atom. The van der Waals surface area contributed by atoms with E-state index in [0.717, 1.165) is 38.5 Å². The molecule has 0 saturated carbocycles. The van der Waals surface area contributed by atoms with E-state index in [9.17, 15) is 9.90 Å². The summed E-state index contributed by atoms with van der Waals surface area (Å²) in [6.07, 6.45) is 3.73. The van der Waals surface area contributed by atoms with Crippen LogP contribution >= 0.6 is 0 Å². The highest BCUT2D eigenvalue weighted by Crippen LogP contribution is 2.53. The number of phenolic OH excluding ortho intramolecular Hbond substituents is 1. The Balaban J connectivity index is 3.40. The minimum absolute atomic E-state index is 0.0629. The molecule has 2 N–H and O–H groups in total. The van der Waals surface area contributed by atoms with Crippen LogP contribution in [0.4, 0.5) is 4.79 Å². The maximum absolute atomic E-state index is 11.1. The summed E-state index contributed by atoms with van der Waals surface area (Å²) in [7, 11) is 0. The van der Waals surface area contributed by atoms with Crippen molar-refractivity contribution < 1.29 is 34.0 Å². The first kappa shape index (κ1) is 22.7. The summed E-state index contributed by atoms with van der Waals surface area (Å²) in [6, 6.07) is 0. The van der Waals surface area contributed by atoms with Crippen LogP contribution in [0.25, 0.3) is 0 Å². The number of hydrogen-bond donors (Lipinski definition) is 2. The van der Waals surface area contributed by atoms with E-state index in [1.807, 2.05) is 20.8 Å². The Bertz CT molecular complexity index is 561. The van der Waals surface area contributed by atoms with Gasteiger partial charge in [-0.15, -0.1) is 0 Å². The molecule has 0 atom stereocenters. The van der Waals surface area contributed by atoms with Crippen LogP contribution in [0.1, 0.15) is 64.9 Å². The second kappa shape index (κ2) is 12.1. The second-order valence-corrected chi connectivity index (χ2v) is 6.26. The van der Waals surface area contributed by atoms with Crippen molar-refractivity contribution in [2.75, 3.05) is 19.8 Å². The summed E-state index contributed by atoms with van der Waals surface area (Å²) in [4.78, 5) is 11.1. The smallest absolute Gasteiger partial charge is 0.502 e. The predicted octanol–water partition coefficient (Wildman–Crippen LogP) is 5.29. The molecule has 0 aliphatic rings. The van der Waals surface area contributed by atoms with Gasteiger partial charge in [-0.05, 0) is 26.2 Å². The van der Waals surface area contributed by atoms with Gasteiger partial charge in [0.2, 0.25) is 17.2 Å². The van der Waals surface area contributed by atoms with Crippen LogP contribution in [0.2, 0.25) is 0 Å². The van der Waals surface area contributed by atoms with Gasteiger partial charge in [0.15, 0.2) is 11.5 Å². The van der Waals surface area contributed by atoms with Gasteiger partial charge in [0, 0.05) is 5.56 Å². The van der Waals surface area contributed by atoms with Gasteiger partial charge in [0.25, 0.3) is 0 Å². The van der Waals surface area contributed by atoms with Crippen LogP contribution in [-0.2, 0) is 0 Å². The van der Waals surface area contributed by atoms with Crippen molar-refractivity contribution in [2.45, 2.75) is 66.2 Å². The Labute approximate surface area is 161 Å². The third-order valence-electron chi connectivity index (χ3n) is 3.95. The molecule has 0 aliphatic heterocycles. The van der Waals surface area contributed by atoms with E-state index >= 15 is 0 Å². The molecule has 0 aliphatic carbocycles. The van der Waals surface area contributed by atoms with Gasteiger partial charge >= 0.3 is 6.16 Å². The molecule has 0 bridgehead atoms. The summed E-state index contributed by atoms with van der Waals surface area (Å²) in [5.74, 6) is 0.125. The fourth-order valence-corrected chi connectivity index (χ4v) is 2.37. The van der Waals surface area contributed by atoms with Crippen molar-refractivity contribution in [2.24, 2.45) is 0 Å². The first-order valence-electron chi connectivity index (χ1n) is 9.66. The van der Waals surface area contributed by atoms with E-state index in [-0.39, 0.29) is 17.2 Å². The van der Waals surface area contributed by atoms with E-state index in [1.54, 1.807) is 6.92 Å². The summed E-state index contributed by atoms with van der Waals surface area (Å²) in [5, 5.41) is 19.6. The number of benzene rings is 1. The Hall–Kier alpha value is -2.31. The lowest BCUT2D eigenvalue weighted by Gasteiger charge is -2.22. The molecular formula is C20H32O7. The monoisotopic (exact) mass is 384 g/mol. The zero-order chi connectivity index (χ0) is 20.2. The van der Waals surface area contributed by atoms with Gasteiger partial charge in [-0.25, -0.2) is 4.79 Å². The number of carbonyl (C=O) groups is 1. The molecule has 1 rings (SSSR count). The van der Waals surface area contributed by atoms with Crippen LogP contribution < -0.4 is 18.9 Å². The summed E-state index contributed by atoms with van der Waals surface area (Å²) in [6.45, 7) is 8.97. The van der Waals surface area contributed by atoms with Crippen LogP contribution in [0, 0.1) is 6.92 Å². The van der Waals surface area contributed by atoms with Crippen molar-refractivity contribution in [1.29, 1.82) is 0 Å². The van der Waals surface area contributed by atoms with Crippen molar-refractivity contribution >= 4 is 6.16 Å². The number of unbranched alkanes of at least 4 members (excludes halogenated alkanes) is 3. The molecule has 1 aromatic rings. The third-order valence-corrected chi connectivity index (χ3v) is 3.95. The molecule has 27 heavy (non-hydrogen) atoms. The molecule has 7 heteroatoms. The SMILES string of the molecule is CCCCOc1c(C)c(OC(=O)O)c(O)c(OCCCC)c1OCCCC. The van der Waals surface area contributed by atoms with E-state index in [1.165, 1.54) is 0 Å². The molecule has 0 saturated heterocycles. The van der Waals surface area contributed by atoms with Gasteiger partial charge in [0.1, 0.15) is 0 Å².